The maximum atomic E-state index is 12.5. The van der Waals surface area contributed by atoms with Crippen LogP contribution < -0.4 is 5.56 Å². The lowest BCUT2D eigenvalue weighted by Gasteiger charge is -2.29. The summed E-state index contributed by atoms with van der Waals surface area (Å²) >= 11 is 0. The van der Waals surface area contributed by atoms with E-state index in [1.54, 1.807) is 4.90 Å². The topological polar surface area (TPSA) is 53.2 Å². The molecule has 4 heteroatoms. The van der Waals surface area contributed by atoms with Crippen LogP contribution in [0, 0.1) is 5.41 Å². The second-order valence-corrected chi connectivity index (χ2v) is 6.69. The summed E-state index contributed by atoms with van der Waals surface area (Å²) in [7, 11) is 0. The first-order valence-electron chi connectivity index (χ1n) is 7.73. The number of hydrogen-bond acceptors (Lipinski definition) is 2. The fourth-order valence-corrected chi connectivity index (χ4v) is 2.51. The van der Waals surface area contributed by atoms with E-state index in [-0.39, 0.29) is 11.5 Å². The van der Waals surface area contributed by atoms with Crippen molar-refractivity contribution in [3.05, 3.63) is 46.2 Å². The van der Waals surface area contributed by atoms with Crippen LogP contribution in [-0.2, 0) is 11.3 Å². The molecule has 1 amide bonds. The van der Waals surface area contributed by atoms with E-state index in [4.69, 9.17) is 0 Å². The highest BCUT2D eigenvalue weighted by molar-refractivity contribution is 5.82. The quantitative estimate of drug-likeness (QED) is 0.941. The Bertz CT molecular complexity index is 726. The molecule has 2 rings (SSSR count). The molecule has 0 aliphatic carbocycles. The number of H-pyrrole nitrogens is 1. The molecule has 1 N–H and O–H groups in total. The summed E-state index contributed by atoms with van der Waals surface area (Å²) in [5.41, 5.74) is 0.880. The van der Waals surface area contributed by atoms with Crippen molar-refractivity contribution in [1.29, 1.82) is 0 Å². The van der Waals surface area contributed by atoms with Gasteiger partial charge in [-0.1, -0.05) is 45.9 Å². The Morgan fingerprint density at radius 1 is 1.23 bits per heavy atom. The van der Waals surface area contributed by atoms with E-state index in [0.717, 1.165) is 17.3 Å². The zero-order valence-corrected chi connectivity index (χ0v) is 13.8. The molecule has 0 aliphatic rings. The Hall–Kier alpha value is -2.10. The Morgan fingerprint density at radius 3 is 2.55 bits per heavy atom. The molecule has 4 nitrogen and oxygen atoms in total. The largest absolute Gasteiger partial charge is 0.338 e. The number of amides is 1. The minimum atomic E-state index is -0.446. The third kappa shape index (κ3) is 3.56. The van der Waals surface area contributed by atoms with Gasteiger partial charge in [0.1, 0.15) is 0 Å². The van der Waals surface area contributed by atoms with Crippen molar-refractivity contribution in [3.8, 4) is 0 Å². The van der Waals surface area contributed by atoms with Crippen LogP contribution in [0.15, 0.2) is 35.1 Å². The van der Waals surface area contributed by atoms with E-state index < -0.39 is 5.41 Å². The van der Waals surface area contributed by atoms with Crippen molar-refractivity contribution in [1.82, 2.24) is 9.88 Å². The van der Waals surface area contributed by atoms with E-state index in [1.807, 2.05) is 58.0 Å². The van der Waals surface area contributed by atoms with E-state index in [9.17, 15) is 9.59 Å². The number of rotatable bonds is 4. The monoisotopic (exact) mass is 300 g/mol. The highest BCUT2D eigenvalue weighted by Crippen LogP contribution is 2.19. The van der Waals surface area contributed by atoms with Gasteiger partial charge in [-0.3, -0.25) is 9.59 Å². The lowest BCUT2D eigenvalue weighted by molar-refractivity contribution is -0.140. The molecule has 1 heterocycles. The molecule has 118 valence electrons. The summed E-state index contributed by atoms with van der Waals surface area (Å²) in [6.07, 6.45) is 0.868. The molecule has 0 saturated heterocycles. The van der Waals surface area contributed by atoms with Crippen LogP contribution >= 0.6 is 0 Å². The zero-order valence-electron chi connectivity index (χ0n) is 13.8. The van der Waals surface area contributed by atoms with Crippen molar-refractivity contribution in [2.75, 3.05) is 6.54 Å². The van der Waals surface area contributed by atoms with E-state index >= 15 is 0 Å². The number of aromatic amines is 1. The van der Waals surface area contributed by atoms with Crippen molar-refractivity contribution in [3.63, 3.8) is 0 Å². The maximum absolute atomic E-state index is 12.5. The molecule has 0 radical (unpaired) electrons. The van der Waals surface area contributed by atoms with Gasteiger partial charge in [0, 0.05) is 23.0 Å². The molecule has 0 unspecified atom stereocenters. The third-order valence-electron chi connectivity index (χ3n) is 3.61. The first-order valence-corrected chi connectivity index (χ1v) is 7.73. The summed E-state index contributed by atoms with van der Waals surface area (Å²) in [5.74, 6) is 0.0712. The number of fused-ring (bicyclic) bond motifs is 1. The third-order valence-corrected chi connectivity index (χ3v) is 3.61. The van der Waals surface area contributed by atoms with Gasteiger partial charge >= 0.3 is 0 Å². The Balaban J connectivity index is 2.36. The lowest BCUT2D eigenvalue weighted by Crippen LogP contribution is -2.40. The predicted molar refractivity (Wildman–Crippen MR) is 89.7 cm³/mol. The Labute approximate surface area is 131 Å². The first kappa shape index (κ1) is 16.3. The molecule has 0 fully saturated rings. The van der Waals surface area contributed by atoms with Gasteiger partial charge in [0.05, 0.1) is 6.54 Å². The van der Waals surface area contributed by atoms with E-state index in [1.165, 1.54) is 0 Å². The smallest absolute Gasteiger partial charge is 0.253 e. The highest BCUT2D eigenvalue weighted by atomic mass is 16.2. The van der Waals surface area contributed by atoms with Crippen LogP contribution in [0.2, 0.25) is 0 Å². The van der Waals surface area contributed by atoms with Crippen LogP contribution in [0.3, 0.4) is 0 Å². The fourth-order valence-electron chi connectivity index (χ4n) is 2.51. The van der Waals surface area contributed by atoms with Gasteiger partial charge in [-0.05, 0) is 23.9 Å². The molecule has 1 aromatic carbocycles. The second-order valence-electron chi connectivity index (χ2n) is 6.69. The van der Waals surface area contributed by atoms with Crippen molar-refractivity contribution < 1.29 is 4.79 Å². The van der Waals surface area contributed by atoms with Crippen molar-refractivity contribution >= 4 is 16.8 Å². The van der Waals surface area contributed by atoms with E-state index in [0.29, 0.717) is 18.7 Å². The Kier molecular flexibility index (Phi) is 4.69. The van der Waals surface area contributed by atoms with Crippen LogP contribution in [0.25, 0.3) is 10.9 Å². The summed E-state index contributed by atoms with van der Waals surface area (Å²) in [6, 6.07) is 9.56. The molecule has 0 bridgehead atoms. The SMILES string of the molecule is CCCN(Cc1cc2ccccc2[nH]c1=O)C(=O)C(C)(C)C. The van der Waals surface area contributed by atoms with Crippen LogP contribution in [-0.4, -0.2) is 22.3 Å². The average molecular weight is 300 g/mol. The lowest BCUT2D eigenvalue weighted by atomic mass is 9.94. The number of pyridine rings is 1. The summed E-state index contributed by atoms with van der Waals surface area (Å²) in [5, 5.41) is 0.983. The molecule has 2 aromatic rings. The normalized spacial score (nSPS) is 11.6. The van der Waals surface area contributed by atoms with Crippen LogP contribution in [0.1, 0.15) is 39.7 Å². The second kappa shape index (κ2) is 6.34. The number of para-hydroxylation sites is 1. The number of aromatic nitrogens is 1. The van der Waals surface area contributed by atoms with Crippen LogP contribution in [0.4, 0.5) is 0 Å². The number of nitrogens with one attached hydrogen (secondary N) is 1. The zero-order chi connectivity index (χ0) is 16.3. The van der Waals surface area contributed by atoms with Gasteiger partial charge in [-0.15, -0.1) is 0 Å². The molecule has 0 spiro atoms. The van der Waals surface area contributed by atoms with Crippen molar-refractivity contribution in [2.45, 2.75) is 40.7 Å². The predicted octanol–water partition coefficient (Wildman–Crippen LogP) is 3.31. The molecule has 0 atom stereocenters. The Morgan fingerprint density at radius 2 is 1.91 bits per heavy atom. The summed E-state index contributed by atoms with van der Waals surface area (Å²) in [4.78, 5) is 29.5. The van der Waals surface area contributed by atoms with Gasteiger partial charge in [0.25, 0.3) is 5.56 Å². The fraction of sp³-hybridized carbons (Fsp3) is 0.444. The molecular weight excluding hydrogens is 276 g/mol. The number of carbonyl (C=O) groups excluding carboxylic acids is 1. The van der Waals surface area contributed by atoms with Gasteiger partial charge in [0.15, 0.2) is 0 Å². The van der Waals surface area contributed by atoms with Gasteiger partial charge in [-0.25, -0.2) is 0 Å². The minimum Gasteiger partial charge on any atom is -0.338 e. The van der Waals surface area contributed by atoms with Crippen LogP contribution in [0.5, 0.6) is 0 Å². The first-order chi connectivity index (χ1) is 10.3. The molecule has 0 saturated carbocycles. The molecule has 22 heavy (non-hydrogen) atoms. The highest BCUT2D eigenvalue weighted by Gasteiger charge is 2.27. The number of benzene rings is 1. The van der Waals surface area contributed by atoms with Gasteiger partial charge in [-0.2, -0.15) is 0 Å². The molecule has 0 aliphatic heterocycles. The number of nitrogens with zero attached hydrogens (tertiary/aromatic N) is 1. The number of hydrogen-bond donors (Lipinski definition) is 1. The summed E-state index contributed by atoms with van der Waals surface area (Å²) < 4.78 is 0. The van der Waals surface area contributed by atoms with E-state index in [2.05, 4.69) is 4.98 Å². The summed E-state index contributed by atoms with van der Waals surface area (Å²) in [6.45, 7) is 8.76. The van der Waals surface area contributed by atoms with Gasteiger partial charge < -0.3 is 9.88 Å². The molecule has 1 aromatic heterocycles. The van der Waals surface area contributed by atoms with Gasteiger partial charge in [0.2, 0.25) is 5.91 Å². The maximum Gasteiger partial charge on any atom is 0.253 e. The van der Waals surface area contributed by atoms with Crippen molar-refractivity contribution in [2.24, 2.45) is 5.41 Å². The minimum absolute atomic E-state index is 0.0712. The molecular formula is C18H24N2O2. The standard InChI is InChI=1S/C18H24N2O2/c1-5-10-20(17(22)18(2,3)4)12-14-11-13-8-6-7-9-15(13)19-16(14)21/h6-9,11H,5,10,12H2,1-4H3,(H,19,21). The number of carbonyl (C=O) groups is 1. The average Bonchev–Trinajstić information content (AvgIpc) is 2.45.